The Bertz CT molecular complexity index is 4340. The van der Waals surface area contributed by atoms with Crippen molar-refractivity contribution in [3.8, 4) is 0 Å². The smallest absolute Gasteiger partial charge is 0.381 e. The van der Waals surface area contributed by atoms with Crippen molar-refractivity contribution < 1.29 is 214 Å². The van der Waals surface area contributed by atoms with Crippen LogP contribution in [-0.2, 0) is 214 Å². The fourth-order valence-corrected chi connectivity index (χ4v) is 579. The van der Waals surface area contributed by atoms with Gasteiger partial charge in [0.05, 0.1) is 0 Å². The van der Waals surface area contributed by atoms with Crippen LogP contribution in [0.25, 0.3) is 0 Å². The van der Waals surface area contributed by atoms with E-state index < -0.39 is 380 Å². The Morgan fingerprint density at radius 2 is 0.202 bits per heavy atom. The normalized spacial score (nSPS) is 10.0. The van der Waals surface area contributed by atoms with Crippen molar-refractivity contribution in [1.29, 1.82) is 0 Å². The fraction of sp³-hybridized carbons (Fsp3) is 1.00. The molecule has 97 heteroatoms. The molecule has 0 aromatic rings. The summed E-state index contributed by atoms with van der Waals surface area (Å²) in [4.78, 5) is 0. The van der Waals surface area contributed by atoms with Gasteiger partial charge in [0.25, 0.3) is 0 Å². The second-order valence-electron chi connectivity index (χ2n) is 17.0. The van der Waals surface area contributed by atoms with E-state index in [2.05, 4.69) is 0 Å². The Morgan fingerprint density at radius 1 is 0.131 bits per heavy atom. The van der Waals surface area contributed by atoms with Gasteiger partial charge in [-0.25, -0.2) is 0 Å². The largest absolute Gasteiger partial charge is 0.389 e. The van der Waals surface area contributed by atoms with Crippen LogP contribution < -0.4 is 0 Å². The summed E-state index contributed by atoms with van der Waals surface area (Å²) in [6.07, 6.45) is 0. The summed E-state index contributed by atoms with van der Waals surface area (Å²) in [6, 6.07) is 0. The third-order valence-electron chi connectivity index (χ3n) is 10.4. The lowest BCUT2D eigenvalue weighted by Gasteiger charge is -2.12. The molecule has 0 aliphatic heterocycles. The third-order valence-corrected chi connectivity index (χ3v) is 394. The van der Waals surface area contributed by atoms with Crippen LogP contribution >= 0.6 is 0 Å². The lowest BCUT2D eigenvalue weighted by atomic mass is 11.9. The minimum absolute atomic E-state index is 0.618. The van der Waals surface area contributed by atoms with E-state index in [0.29, 0.717) is 13.1 Å². The standard InChI is InChI=1S/C2H6O48Si49/c1-99(2,97(49)95(47)93(45)91(43)89(41)87(39)85(37)83(35)81(33)79(31)77(29)75(27)73(25)71(23)69(21)67(19)65(17)63(15)61(13)59(11)57(9)55(7)53(5)51-3)98(50)96(48)94(46)92(44)90(42)88(40)86(38)84(36)82(34)80(32)78(30)76(28)74(26)72(24)70(22)68(20)66(18)64(16)62(14)60(12)58(10)56(8)54(6)52-4/h1-2H3. The lowest BCUT2D eigenvalue weighted by Crippen LogP contribution is -2.64. The highest BCUT2D eigenvalue weighted by Gasteiger charge is 2.62. The molecule has 0 aromatic heterocycles. The van der Waals surface area contributed by atoms with E-state index in [1.165, 1.54) is 0 Å². The number of hydrogen-bond donors (Lipinski definition) is 0. The van der Waals surface area contributed by atoms with E-state index in [9.17, 15) is 214 Å². The van der Waals surface area contributed by atoms with Gasteiger partial charge in [-0.3, -0.25) is 0 Å². The highest BCUT2D eigenvalue weighted by Crippen LogP contribution is 2.05. The maximum Gasteiger partial charge on any atom is 0.381 e. The average molecular weight is 2170 g/mol. The molecule has 0 N–H and O–H groups in total. The summed E-state index contributed by atoms with van der Waals surface area (Å²) in [7, 11) is -220. The van der Waals surface area contributed by atoms with Gasteiger partial charge in [-0.1, -0.05) is 13.1 Å². The fourth-order valence-electron chi connectivity index (χ4n) is 5.09. The molecule has 0 amide bonds. The van der Waals surface area contributed by atoms with Crippen LogP contribution in [0.2, 0.25) is 13.1 Å². The molecule has 0 bridgehead atoms. The minimum atomic E-state index is -4.85. The first-order chi connectivity index (χ1) is 45.0. The van der Waals surface area contributed by atoms with Crippen molar-refractivity contribution in [3.63, 3.8) is 0 Å². The molecule has 0 rings (SSSR count). The van der Waals surface area contributed by atoms with E-state index >= 15 is 0 Å². The Hall–Kier alpha value is 1.03. The average Bonchev–Trinajstić information content (AvgIpc) is 0.804. The Balaban J connectivity index is 6.12. The molecule has 0 saturated carbocycles. The predicted octanol–water partition coefficient (Wildman–Crippen LogP) is -23.2. The number of rotatable bonds is 48. The molecule has 2 radical (unpaired) electrons. The number of hydrogen-bond acceptors (Lipinski definition) is 48. The highest BCUT2D eigenvalue weighted by molar-refractivity contribution is 7.89. The first-order valence-corrected chi connectivity index (χ1v) is 140. The molecule has 0 heterocycles. The highest BCUT2D eigenvalue weighted by atomic mass is 30.2. The quantitative estimate of drug-likeness (QED) is 0.0511. The molecule has 48 nitrogen and oxygen atoms in total. The molecular weight excluding hydrogens is 2170 g/mol. The molecule has 99 heavy (non-hydrogen) atoms. The topological polar surface area (TPSA) is 819 Å². The van der Waals surface area contributed by atoms with Crippen molar-refractivity contribution in [1.82, 2.24) is 0 Å². The second-order valence-corrected chi connectivity index (χ2v) is 255. The summed E-state index contributed by atoms with van der Waals surface area (Å²) >= 11 is 0. The van der Waals surface area contributed by atoms with Crippen LogP contribution in [0, 0.1) is 0 Å². The van der Waals surface area contributed by atoms with Gasteiger partial charge in [0, 0.05) is 0 Å². The zero-order chi connectivity index (χ0) is 78.5. The second kappa shape index (κ2) is 44.0. The van der Waals surface area contributed by atoms with Crippen molar-refractivity contribution in [3.05, 3.63) is 0 Å². The van der Waals surface area contributed by atoms with Gasteiger partial charge in [-0.15, -0.1) is 0 Å². The maximum atomic E-state index is 13.5. The van der Waals surface area contributed by atoms with Gasteiger partial charge in [0.2, 0.25) is 0 Å². The molecule has 0 unspecified atom stereocenters. The van der Waals surface area contributed by atoms with Crippen LogP contribution in [-0.4, -0.2) is 380 Å². The molecule has 0 aromatic carbocycles. The third kappa shape index (κ3) is 25.0. The molecule has 0 atom stereocenters. The van der Waals surface area contributed by atoms with E-state index in [1.807, 2.05) is 0 Å². The molecule has 0 fully saturated rings. The van der Waals surface area contributed by atoms with Gasteiger partial charge in [0.1, 0.15) is 0 Å². The molecule has 0 aliphatic carbocycles. The molecule has 498 valence electrons. The van der Waals surface area contributed by atoms with E-state index in [-0.39, 0.29) is 0 Å². The van der Waals surface area contributed by atoms with E-state index in [0.717, 1.165) is 0 Å². The predicted molar refractivity (Wildman–Crippen MR) is 327 cm³/mol. The summed E-state index contributed by atoms with van der Waals surface area (Å²) < 4.78 is 605. The first-order valence-electron chi connectivity index (χ1n) is 22.8. The van der Waals surface area contributed by atoms with Gasteiger partial charge in [-0.05, 0) is 0 Å². The monoisotopic (exact) mass is 2170 g/mol. The van der Waals surface area contributed by atoms with Gasteiger partial charge in [0.15, 0.2) is 7.11 Å². The van der Waals surface area contributed by atoms with Crippen LogP contribution in [0.3, 0.4) is 0 Å². The van der Waals surface area contributed by atoms with Gasteiger partial charge >= 0.3 is 373 Å². The van der Waals surface area contributed by atoms with Crippen molar-refractivity contribution in [2.75, 3.05) is 0 Å². The minimum Gasteiger partial charge on any atom is -0.389 e. The van der Waals surface area contributed by atoms with Gasteiger partial charge in [-0.2, -0.15) is 0 Å². The Kier molecular flexibility index (Phi) is 44.5. The lowest BCUT2D eigenvalue weighted by molar-refractivity contribution is 0.532. The molecule has 0 saturated heterocycles. The van der Waals surface area contributed by atoms with Crippen LogP contribution in [0.15, 0.2) is 0 Å². The molecule has 0 spiro atoms. The van der Waals surface area contributed by atoms with Crippen LogP contribution in [0.5, 0.6) is 0 Å². The van der Waals surface area contributed by atoms with Crippen molar-refractivity contribution >= 4 is 380 Å². The van der Waals surface area contributed by atoms with E-state index in [4.69, 9.17) is 0 Å². The van der Waals surface area contributed by atoms with Crippen LogP contribution in [0.4, 0.5) is 0 Å². The molecular formula is C2H6O48Si49. The summed E-state index contributed by atoms with van der Waals surface area (Å²) in [5.41, 5.74) is 0. The summed E-state index contributed by atoms with van der Waals surface area (Å²) in [5.74, 6) is 0. The Morgan fingerprint density at radius 3 is 0.283 bits per heavy atom. The van der Waals surface area contributed by atoms with Crippen LogP contribution in [0.1, 0.15) is 0 Å². The summed E-state index contributed by atoms with van der Waals surface area (Å²) in [6.45, 7) is 1.24. The molecule has 0 aliphatic rings. The zero-order valence-electron chi connectivity index (χ0n) is 46.1. The summed E-state index contributed by atoms with van der Waals surface area (Å²) in [5, 5.41) is 0. The first kappa shape index (κ1) is 100. The van der Waals surface area contributed by atoms with Gasteiger partial charge < -0.3 is 214 Å². The van der Waals surface area contributed by atoms with Crippen molar-refractivity contribution in [2.24, 2.45) is 0 Å². The Labute approximate surface area is 599 Å². The van der Waals surface area contributed by atoms with E-state index in [1.54, 1.807) is 0 Å². The van der Waals surface area contributed by atoms with Crippen molar-refractivity contribution in [2.45, 2.75) is 13.1 Å². The SMILES string of the molecule is C[Si](C)([Si](=O)[Si](=O)[Si](=O)[Si](=O)[Si](=O)[Si](=O)[Si](=O)[Si](=O)[Si](=O)[Si](=O)[Si](=O)[Si](=O)[Si](=O)[Si](=O)[Si](=O)[Si](=O)[Si](=O)[Si](=O)[Si](=O)[Si](=O)[Si](=O)[Si](=O)[Si](=O)[Si]=O)[Si](=O)[Si](=O)[Si](=O)[Si](=O)[Si](=O)[Si](=O)[Si](=O)[Si](=O)[Si](=O)[Si](=O)[Si](=O)[Si](=O)[Si](=O)[Si](=O)[Si](=O)[Si](=O)[Si](=O)[Si](=O)[Si](=O)[Si](=O)[Si](=O)[Si](=O)[Si](=O)[Si]=O. The zero-order valence-corrected chi connectivity index (χ0v) is 95.1. The maximum absolute atomic E-state index is 13.5.